The molecule has 0 spiro atoms. The average Bonchev–Trinajstić information content (AvgIpc) is 2.40. The quantitative estimate of drug-likeness (QED) is 0.728. The zero-order chi connectivity index (χ0) is 16.5. The standard InChI is InChI=1S/C18H22Cl2N2/c1-17(2,3)14-8-13(21-11-15(14)20)9-18(4,5)16-7-6-12(19)10-22-16/h6-8,10-11H,9H2,1-5H3. The highest BCUT2D eigenvalue weighted by Crippen LogP contribution is 2.32. The normalized spacial score (nSPS) is 12.5. The highest BCUT2D eigenvalue weighted by atomic mass is 35.5. The summed E-state index contributed by atoms with van der Waals surface area (Å²) in [6.07, 6.45) is 4.24. The molecule has 0 unspecified atom stereocenters. The first kappa shape index (κ1) is 17.2. The number of nitrogens with zero attached hydrogens (tertiary/aromatic N) is 2. The van der Waals surface area contributed by atoms with Gasteiger partial charge in [0.05, 0.1) is 10.0 Å². The molecule has 0 saturated heterocycles. The van der Waals surface area contributed by atoms with Gasteiger partial charge < -0.3 is 0 Å². The second-order valence-corrected chi connectivity index (χ2v) is 8.17. The number of halogens is 2. The number of hydrogen-bond acceptors (Lipinski definition) is 2. The molecule has 0 amide bonds. The molecule has 0 radical (unpaired) electrons. The molecule has 0 atom stereocenters. The minimum absolute atomic E-state index is 0.00254. The van der Waals surface area contributed by atoms with E-state index in [0.29, 0.717) is 5.02 Å². The predicted octanol–water partition coefficient (Wildman–Crippen LogP) is 5.60. The third-order valence-electron chi connectivity index (χ3n) is 3.76. The molecule has 0 N–H and O–H groups in total. The SMILES string of the molecule is CC(C)(C)c1cc(CC(C)(C)c2ccc(Cl)cn2)ncc1Cl. The van der Waals surface area contributed by atoms with Crippen molar-refractivity contribution in [2.45, 2.75) is 51.9 Å². The lowest BCUT2D eigenvalue weighted by Crippen LogP contribution is -2.23. The van der Waals surface area contributed by atoms with Crippen LogP contribution in [0, 0.1) is 0 Å². The first-order valence-electron chi connectivity index (χ1n) is 7.36. The van der Waals surface area contributed by atoms with Crippen molar-refractivity contribution in [2.75, 3.05) is 0 Å². The van der Waals surface area contributed by atoms with Gasteiger partial charge in [-0.25, -0.2) is 0 Å². The first-order chi connectivity index (χ1) is 10.1. The second kappa shape index (κ2) is 6.17. The molecule has 0 saturated carbocycles. The third kappa shape index (κ3) is 3.99. The summed E-state index contributed by atoms with van der Waals surface area (Å²) in [5.41, 5.74) is 3.03. The Morgan fingerprint density at radius 3 is 2.18 bits per heavy atom. The third-order valence-corrected chi connectivity index (χ3v) is 4.29. The lowest BCUT2D eigenvalue weighted by atomic mass is 9.82. The molecule has 2 rings (SSSR count). The molecular formula is C18H22Cl2N2. The van der Waals surface area contributed by atoms with Gasteiger partial charge in [-0.15, -0.1) is 0 Å². The summed E-state index contributed by atoms with van der Waals surface area (Å²) in [4.78, 5) is 8.94. The van der Waals surface area contributed by atoms with Crippen LogP contribution < -0.4 is 0 Å². The summed E-state index contributed by atoms with van der Waals surface area (Å²) >= 11 is 12.2. The molecule has 2 nitrogen and oxygen atoms in total. The van der Waals surface area contributed by atoms with E-state index in [1.54, 1.807) is 12.4 Å². The number of hydrogen-bond donors (Lipinski definition) is 0. The van der Waals surface area contributed by atoms with Crippen molar-refractivity contribution in [2.24, 2.45) is 0 Å². The van der Waals surface area contributed by atoms with E-state index in [1.165, 1.54) is 0 Å². The van der Waals surface area contributed by atoms with E-state index in [2.05, 4.69) is 50.7 Å². The van der Waals surface area contributed by atoms with Gasteiger partial charge in [0.1, 0.15) is 0 Å². The Hall–Kier alpha value is -1.12. The molecule has 2 aromatic rings. The zero-order valence-electron chi connectivity index (χ0n) is 13.7. The van der Waals surface area contributed by atoms with Crippen molar-refractivity contribution in [1.82, 2.24) is 9.97 Å². The van der Waals surface area contributed by atoms with Gasteiger partial charge in [0.15, 0.2) is 0 Å². The van der Waals surface area contributed by atoms with Crippen LogP contribution in [0.15, 0.2) is 30.6 Å². The average molecular weight is 337 g/mol. The minimum Gasteiger partial charge on any atom is -0.260 e. The van der Waals surface area contributed by atoms with Gasteiger partial charge in [0.2, 0.25) is 0 Å². The van der Waals surface area contributed by atoms with Crippen molar-refractivity contribution in [3.05, 3.63) is 57.6 Å². The summed E-state index contributed by atoms with van der Waals surface area (Å²) < 4.78 is 0. The maximum absolute atomic E-state index is 6.30. The number of rotatable bonds is 3. The molecule has 2 aromatic heterocycles. The highest BCUT2D eigenvalue weighted by molar-refractivity contribution is 6.31. The lowest BCUT2D eigenvalue weighted by molar-refractivity contribution is 0.497. The van der Waals surface area contributed by atoms with Gasteiger partial charge in [-0.2, -0.15) is 0 Å². The van der Waals surface area contributed by atoms with E-state index >= 15 is 0 Å². The van der Waals surface area contributed by atoms with Crippen LogP contribution >= 0.6 is 23.2 Å². The van der Waals surface area contributed by atoms with Crippen LogP contribution in [0.4, 0.5) is 0 Å². The highest BCUT2D eigenvalue weighted by Gasteiger charge is 2.25. The van der Waals surface area contributed by atoms with Gasteiger partial charge in [0, 0.05) is 35.6 Å². The molecule has 2 heterocycles. The fourth-order valence-corrected chi connectivity index (χ4v) is 2.97. The molecule has 0 aliphatic carbocycles. The van der Waals surface area contributed by atoms with Crippen LogP contribution in [0.1, 0.15) is 51.6 Å². The van der Waals surface area contributed by atoms with Gasteiger partial charge in [-0.05, 0) is 29.2 Å². The molecule has 0 fully saturated rings. The smallest absolute Gasteiger partial charge is 0.0626 e. The Morgan fingerprint density at radius 1 is 0.955 bits per heavy atom. The van der Waals surface area contributed by atoms with Crippen LogP contribution in [-0.2, 0) is 17.3 Å². The molecule has 4 heteroatoms. The molecular weight excluding hydrogens is 315 g/mol. The summed E-state index contributed by atoms with van der Waals surface area (Å²) in [7, 11) is 0. The maximum atomic E-state index is 6.30. The van der Waals surface area contributed by atoms with Crippen LogP contribution in [0.2, 0.25) is 10.0 Å². The van der Waals surface area contributed by atoms with Crippen LogP contribution in [0.25, 0.3) is 0 Å². The van der Waals surface area contributed by atoms with Gasteiger partial charge >= 0.3 is 0 Å². The summed E-state index contributed by atoms with van der Waals surface area (Å²) in [6, 6.07) is 5.96. The molecule has 0 bridgehead atoms. The summed E-state index contributed by atoms with van der Waals surface area (Å²) in [5.74, 6) is 0. The van der Waals surface area contributed by atoms with E-state index in [1.807, 2.05) is 12.1 Å². The first-order valence-corrected chi connectivity index (χ1v) is 8.12. The number of pyridine rings is 2. The Kier molecular flexibility index (Phi) is 4.84. The topological polar surface area (TPSA) is 25.8 Å². The van der Waals surface area contributed by atoms with Crippen molar-refractivity contribution in [3.63, 3.8) is 0 Å². The van der Waals surface area contributed by atoms with Crippen molar-refractivity contribution in [3.8, 4) is 0 Å². The van der Waals surface area contributed by atoms with E-state index in [0.717, 1.165) is 28.4 Å². The van der Waals surface area contributed by atoms with Gasteiger partial charge in [-0.1, -0.05) is 57.8 Å². The predicted molar refractivity (Wildman–Crippen MR) is 93.9 cm³/mol. The van der Waals surface area contributed by atoms with Crippen molar-refractivity contribution in [1.29, 1.82) is 0 Å². The molecule has 0 aliphatic heterocycles. The largest absolute Gasteiger partial charge is 0.260 e. The molecule has 0 aliphatic rings. The lowest BCUT2D eigenvalue weighted by Gasteiger charge is -2.26. The number of aromatic nitrogens is 2. The molecule has 0 aromatic carbocycles. The van der Waals surface area contributed by atoms with E-state index in [4.69, 9.17) is 23.2 Å². The Bertz CT molecular complexity index is 656. The monoisotopic (exact) mass is 336 g/mol. The fraction of sp³-hybridized carbons (Fsp3) is 0.444. The Morgan fingerprint density at radius 2 is 1.64 bits per heavy atom. The van der Waals surface area contributed by atoms with E-state index < -0.39 is 0 Å². The Labute approximate surface area is 142 Å². The van der Waals surface area contributed by atoms with Crippen LogP contribution in [-0.4, -0.2) is 9.97 Å². The summed E-state index contributed by atoms with van der Waals surface area (Å²) in [5, 5.41) is 1.37. The van der Waals surface area contributed by atoms with Crippen LogP contribution in [0.3, 0.4) is 0 Å². The van der Waals surface area contributed by atoms with Gasteiger partial charge in [-0.3, -0.25) is 9.97 Å². The van der Waals surface area contributed by atoms with Crippen molar-refractivity contribution >= 4 is 23.2 Å². The molecule has 118 valence electrons. The van der Waals surface area contributed by atoms with E-state index in [-0.39, 0.29) is 10.8 Å². The van der Waals surface area contributed by atoms with Gasteiger partial charge in [0.25, 0.3) is 0 Å². The minimum atomic E-state index is -0.124. The molecule has 22 heavy (non-hydrogen) atoms. The van der Waals surface area contributed by atoms with Crippen LogP contribution in [0.5, 0.6) is 0 Å². The Balaban J connectivity index is 2.32. The second-order valence-electron chi connectivity index (χ2n) is 7.33. The summed E-state index contributed by atoms with van der Waals surface area (Å²) in [6.45, 7) is 10.8. The van der Waals surface area contributed by atoms with E-state index in [9.17, 15) is 0 Å². The maximum Gasteiger partial charge on any atom is 0.0626 e. The zero-order valence-corrected chi connectivity index (χ0v) is 15.3. The fourth-order valence-electron chi connectivity index (χ4n) is 2.47. The van der Waals surface area contributed by atoms with Crippen molar-refractivity contribution < 1.29 is 0 Å².